The van der Waals surface area contributed by atoms with Crippen molar-refractivity contribution in [2.45, 2.75) is 6.54 Å². The van der Waals surface area contributed by atoms with E-state index in [0.717, 1.165) is 21.6 Å². The highest BCUT2D eigenvalue weighted by Gasteiger charge is 2.21. The van der Waals surface area contributed by atoms with Crippen LogP contribution in [0.4, 0.5) is 5.69 Å². The minimum Gasteiger partial charge on any atom is -0.354 e. The van der Waals surface area contributed by atoms with Crippen LogP contribution in [0.25, 0.3) is 36.5 Å². The van der Waals surface area contributed by atoms with Crippen molar-refractivity contribution < 1.29 is 0 Å². The summed E-state index contributed by atoms with van der Waals surface area (Å²) in [7, 11) is 0. The summed E-state index contributed by atoms with van der Waals surface area (Å²) in [6, 6.07) is 10.3. The Morgan fingerprint density at radius 2 is 2.21 bits per heavy atom. The number of H-pyrrole nitrogens is 1. The van der Waals surface area contributed by atoms with Gasteiger partial charge in [-0.15, -0.1) is 11.3 Å². The molecule has 7 heteroatoms. The van der Waals surface area contributed by atoms with Crippen LogP contribution >= 0.6 is 23.6 Å². The molecule has 1 aromatic carbocycles. The van der Waals surface area contributed by atoms with E-state index in [0.29, 0.717) is 23.4 Å². The predicted octanol–water partition coefficient (Wildman–Crippen LogP) is 4.49. The molecular formula is C17H13N5S2. The number of benzene rings is 1. The molecule has 24 heavy (non-hydrogen) atoms. The highest BCUT2D eigenvalue weighted by atomic mass is 32.1. The van der Waals surface area contributed by atoms with E-state index < -0.39 is 0 Å². The fraction of sp³-hybridized carbons (Fsp3) is 0.118. The van der Waals surface area contributed by atoms with E-state index in [-0.39, 0.29) is 0 Å². The lowest BCUT2D eigenvalue weighted by atomic mass is 10.2. The first-order valence-corrected chi connectivity index (χ1v) is 8.63. The van der Waals surface area contributed by atoms with Crippen molar-refractivity contribution in [3.8, 4) is 10.6 Å². The summed E-state index contributed by atoms with van der Waals surface area (Å²) in [6.07, 6.45) is 1.54. The lowest BCUT2D eigenvalue weighted by molar-refractivity contribution is 0.741. The molecule has 0 amide bonds. The minimum absolute atomic E-state index is 0.461. The van der Waals surface area contributed by atoms with Crippen molar-refractivity contribution in [2.75, 3.05) is 6.54 Å². The van der Waals surface area contributed by atoms with Crippen molar-refractivity contribution in [3.05, 3.63) is 52.7 Å². The second kappa shape index (κ2) is 5.83. The molecule has 4 aromatic rings. The number of nitrogens with two attached hydrogens (primary N) is 1. The summed E-state index contributed by atoms with van der Waals surface area (Å²) in [5.41, 5.74) is 8.75. The van der Waals surface area contributed by atoms with Crippen LogP contribution in [0, 0.1) is 11.2 Å². The molecule has 118 valence electrons. The van der Waals surface area contributed by atoms with E-state index >= 15 is 0 Å². The average molecular weight is 351 g/mol. The van der Waals surface area contributed by atoms with Gasteiger partial charge in [0.2, 0.25) is 5.69 Å². The number of hydrogen-bond acceptors (Lipinski definition) is 4. The molecule has 0 fully saturated rings. The topological polar surface area (TPSA) is 64.0 Å². The van der Waals surface area contributed by atoms with Gasteiger partial charge in [-0.3, -0.25) is 0 Å². The molecule has 0 atom stereocenters. The van der Waals surface area contributed by atoms with Crippen molar-refractivity contribution in [2.24, 2.45) is 5.73 Å². The number of hydrogen-bond donors (Lipinski definition) is 2. The first-order valence-electron chi connectivity index (χ1n) is 7.41. The average Bonchev–Trinajstić information content (AvgIpc) is 3.14. The van der Waals surface area contributed by atoms with Gasteiger partial charge in [-0.05, 0) is 17.5 Å². The maximum Gasteiger partial charge on any atom is 0.236 e. The lowest BCUT2D eigenvalue weighted by Crippen LogP contribution is -2.10. The van der Waals surface area contributed by atoms with Crippen molar-refractivity contribution in [3.63, 3.8) is 0 Å². The summed E-state index contributed by atoms with van der Waals surface area (Å²) in [6.45, 7) is 8.72. The van der Waals surface area contributed by atoms with Gasteiger partial charge in [0.25, 0.3) is 0 Å². The van der Waals surface area contributed by atoms with Crippen LogP contribution in [-0.4, -0.2) is 21.1 Å². The minimum atomic E-state index is 0.461. The van der Waals surface area contributed by atoms with Gasteiger partial charge in [-0.1, -0.05) is 30.4 Å². The quantitative estimate of drug-likeness (QED) is 0.422. The Kier molecular flexibility index (Phi) is 3.65. The molecule has 0 saturated carbocycles. The van der Waals surface area contributed by atoms with Gasteiger partial charge in [0, 0.05) is 22.7 Å². The SMILES string of the molecule is [C-]#[N+]c1c(-c2cc3ccccc3s2)n(CCN)c2c(=S)nc[nH]c12. The monoisotopic (exact) mass is 351 g/mol. The summed E-state index contributed by atoms with van der Waals surface area (Å²) in [5, 5.41) is 1.17. The normalized spacial score (nSPS) is 11.2. The van der Waals surface area contributed by atoms with Gasteiger partial charge in [-0.2, -0.15) is 0 Å². The van der Waals surface area contributed by atoms with Gasteiger partial charge in [0.15, 0.2) is 4.64 Å². The molecule has 0 unspecified atom stereocenters. The fourth-order valence-corrected chi connectivity index (χ4v) is 4.37. The number of aromatic amines is 1. The standard InChI is InChI=1S/C17H13N5S2/c1-19-13-14-16(17(23)21-9-20-14)22(7-6-18)15(13)12-8-10-4-2-3-5-11(10)24-12/h2-5,8-9H,6-7,18H2,(H,20,21,23). The smallest absolute Gasteiger partial charge is 0.236 e. The molecule has 0 aliphatic carbocycles. The Labute approximate surface area is 147 Å². The highest BCUT2D eigenvalue weighted by Crippen LogP contribution is 2.43. The first kappa shape index (κ1) is 15.0. The largest absolute Gasteiger partial charge is 0.354 e. The Bertz CT molecular complexity index is 1130. The number of nitrogens with zero attached hydrogens (tertiary/aromatic N) is 3. The first-order chi connectivity index (χ1) is 11.7. The summed E-state index contributed by atoms with van der Waals surface area (Å²) in [4.78, 5) is 12.1. The number of fused-ring (bicyclic) bond motifs is 2. The van der Waals surface area contributed by atoms with Crippen LogP contribution in [0.5, 0.6) is 0 Å². The Morgan fingerprint density at radius 1 is 1.38 bits per heavy atom. The molecule has 0 radical (unpaired) electrons. The fourth-order valence-electron chi connectivity index (χ4n) is 2.99. The van der Waals surface area contributed by atoms with E-state index in [2.05, 4.69) is 33.0 Å². The molecule has 4 rings (SSSR count). The third kappa shape index (κ3) is 2.16. The van der Waals surface area contributed by atoms with E-state index in [1.165, 1.54) is 10.1 Å². The van der Waals surface area contributed by atoms with Crippen LogP contribution < -0.4 is 5.73 Å². The molecule has 3 N–H and O–H groups in total. The third-order valence-corrected chi connectivity index (χ3v) is 5.38. The van der Waals surface area contributed by atoms with Crippen LogP contribution in [0.2, 0.25) is 0 Å². The number of aromatic nitrogens is 3. The Morgan fingerprint density at radius 3 is 2.96 bits per heavy atom. The molecule has 3 aromatic heterocycles. The zero-order chi connectivity index (χ0) is 16.7. The van der Waals surface area contributed by atoms with Gasteiger partial charge < -0.3 is 15.3 Å². The number of nitrogens with one attached hydrogen (secondary N) is 1. The van der Waals surface area contributed by atoms with E-state index in [1.54, 1.807) is 17.7 Å². The maximum atomic E-state index is 7.68. The summed E-state index contributed by atoms with van der Waals surface area (Å²) in [5.74, 6) is 0. The highest BCUT2D eigenvalue weighted by molar-refractivity contribution is 7.71. The molecule has 0 bridgehead atoms. The Balaban J connectivity index is 2.14. The summed E-state index contributed by atoms with van der Waals surface area (Å²) >= 11 is 7.07. The van der Waals surface area contributed by atoms with Gasteiger partial charge in [0.05, 0.1) is 29.6 Å². The number of thiophene rings is 1. The second-order valence-electron chi connectivity index (χ2n) is 5.33. The zero-order valence-electron chi connectivity index (χ0n) is 12.6. The van der Waals surface area contributed by atoms with E-state index in [1.807, 2.05) is 16.7 Å². The molecule has 0 spiro atoms. The third-order valence-electron chi connectivity index (χ3n) is 3.95. The van der Waals surface area contributed by atoms with Gasteiger partial charge >= 0.3 is 0 Å². The lowest BCUT2D eigenvalue weighted by Gasteiger charge is -2.08. The molecule has 0 saturated heterocycles. The number of rotatable bonds is 3. The molecule has 5 nitrogen and oxygen atoms in total. The predicted molar refractivity (Wildman–Crippen MR) is 101 cm³/mol. The van der Waals surface area contributed by atoms with Crippen LogP contribution in [0.1, 0.15) is 0 Å². The van der Waals surface area contributed by atoms with E-state index in [4.69, 9.17) is 24.5 Å². The maximum absolute atomic E-state index is 7.68. The Hall–Kier alpha value is -2.53. The van der Waals surface area contributed by atoms with E-state index in [9.17, 15) is 0 Å². The molecule has 0 aliphatic rings. The van der Waals surface area contributed by atoms with Crippen molar-refractivity contribution in [1.82, 2.24) is 14.5 Å². The van der Waals surface area contributed by atoms with Crippen LogP contribution in [0.3, 0.4) is 0 Å². The molecule has 3 heterocycles. The second-order valence-corrected chi connectivity index (χ2v) is 6.80. The van der Waals surface area contributed by atoms with Crippen LogP contribution in [-0.2, 0) is 6.54 Å². The van der Waals surface area contributed by atoms with Crippen molar-refractivity contribution >= 4 is 50.4 Å². The van der Waals surface area contributed by atoms with Gasteiger partial charge in [-0.25, -0.2) is 9.83 Å². The zero-order valence-corrected chi connectivity index (χ0v) is 14.2. The van der Waals surface area contributed by atoms with Gasteiger partial charge in [0.1, 0.15) is 0 Å². The summed E-state index contributed by atoms with van der Waals surface area (Å²) < 4.78 is 3.70. The van der Waals surface area contributed by atoms with Crippen LogP contribution in [0.15, 0.2) is 36.7 Å². The molecule has 0 aliphatic heterocycles. The van der Waals surface area contributed by atoms with Crippen molar-refractivity contribution in [1.29, 1.82) is 0 Å². The molecular weight excluding hydrogens is 338 g/mol.